The molecule has 0 radical (unpaired) electrons. The van der Waals surface area contributed by atoms with Crippen molar-refractivity contribution in [3.05, 3.63) is 10.2 Å². The first-order valence-electron chi connectivity index (χ1n) is 4.96. The predicted molar refractivity (Wildman–Crippen MR) is 63.0 cm³/mol. The zero-order valence-corrected chi connectivity index (χ0v) is 10.7. The molecule has 0 amide bonds. The van der Waals surface area contributed by atoms with E-state index in [1.165, 1.54) is 19.3 Å². The number of hydrogen-bond donors (Lipinski definition) is 0. The fraction of sp³-hybridized carbons (Fsp3) is 0.818. The van der Waals surface area contributed by atoms with Gasteiger partial charge >= 0.3 is 0 Å². The van der Waals surface area contributed by atoms with Gasteiger partial charge in [-0.25, -0.2) is 0 Å². The zero-order valence-electron chi connectivity index (χ0n) is 8.56. The molecule has 0 aromatic heterocycles. The molecule has 2 rings (SSSR count). The van der Waals surface area contributed by atoms with Crippen molar-refractivity contribution in [2.45, 2.75) is 51.2 Å². The quantitative estimate of drug-likeness (QED) is 0.530. The van der Waals surface area contributed by atoms with Gasteiger partial charge in [0, 0.05) is 5.41 Å². The van der Waals surface area contributed by atoms with E-state index in [4.69, 9.17) is 4.74 Å². The number of halogens is 1. The van der Waals surface area contributed by atoms with E-state index in [9.17, 15) is 0 Å². The van der Waals surface area contributed by atoms with Crippen LogP contribution in [0.1, 0.15) is 40.0 Å². The molecule has 74 valence electrons. The molecule has 0 bridgehead atoms. The van der Waals surface area contributed by atoms with Gasteiger partial charge in [0.2, 0.25) is 0 Å². The van der Waals surface area contributed by atoms with E-state index < -0.39 is 0 Å². The Balaban J connectivity index is 2.35. The molecule has 0 spiro atoms. The van der Waals surface area contributed by atoms with Crippen LogP contribution in [0.5, 0.6) is 0 Å². The summed E-state index contributed by atoms with van der Waals surface area (Å²) in [6.07, 6.45) is 6.06. The molecule has 1 saturated heterocycles. The first kappa shape index (κ1) is 9.97. The highest BCUT2D eigenvalue weighted by Crippen LogP contribution is 2.65. The third-order valence-corrected chi connectivity index (χ3v) is 4.25. The zero-order chi connectivity index (χ0) is 9.74. The summed E-state index contributed by atoms with van der Waals surface area (Å²) in [5.41, 5.74) is 0.484. The highest BCUT2D eigenvalue weighted by atomic mass is 127. The Kier molecular flexibility index (Phi) is 2.09. The minimum atomic E-state index is 0.0411. The molecule has 0 N–H and O–H groups in total. The molecule has 2 aliphatic rings. The Morgan fingerprint density at radius 3 is 2.46 bits per heavy atom. The second kappa shape index (κ2) is 2.72. The van der Waals surface area contributed by atoms with Crippen LogP contribution in [0.15, 0.2) is 10.2 Å². The Hall–Kier alpha value is 0.430. The molecule has 2 unspecified atom stereocenters. The Morgan fingerprint density at radius 2 is 1.92 bits per heavy atom. The van der Waals surface area contributed by atoms with E-state index in [-0.39, 0.29) is 11.2 Å². The fourth-order valence-electron chi connectivity index (χ4n) is 3.00. The molecule has 2 heteroatoms. The molecule has 1 aliphatic carbocycles. The van der Waals surface area contributed by atoms with Crippen molar-refractivity contribution >= 4 is 22.6 Å². The molecule has 0 aromatic carbocycles. The number of rotatable bonds is 1. The van der Waals surface area contributed by atoms with Crippen LogP contribution in [0, 0.1) is 5.41 Å². The van der Waals surface area contributed by atoms with Gasteiger partial charge in [-0.2, -0.15) is 0 Å². The number of fused-ring (bicyclic) bond motifs is 1. The van der Waals surface area contributed by atoms with Crippen LogP contribution in [-0.2, 0) is 4.74 Å². The minimum Gasteiger partial charge on any atom is -0.358 e. The second-order valence-corrected chi connectivity index (χ2v) is 5.82. The van der Waals surface area contributed by atoms with Gasteiger partial charge in [0.05, 0.1) is 5.60 Å². The van der Waals surface area contributed by atoms with Crippen molar-refractivity contribution < 1.29 is 4.74 Å². The van der Waals surface area contributed by atoms with Crippen LogP contribution < -0.4 is 0 Å². The largest absolute Gasteiger partial charge is 0.358 e. The normalized spacial score (nSPS) is 47.7. The molecule has 0 aromatic rings. The van der Waals surface area contributed by atoms with E-state index in [1.807, 2.05) is 0 Å². The molecule has 1 saturated carbocycles. The highest BCUT2D eigenvalue weighted by Gasteiger charge is 2.72. The van der Waals surface area contributed by atoms with Crippen molar-refractivity contribution in [1.29, 1.82) is 0 Å². The lowest BCUT2D eigenvalue weighted by Gasteiger charge is -2.36. The fourth-order valence-corrected chi connectivity index (χ4v) is 3.50. The van der Waals surface area contributed by atoms with Crippen molar-refractivity contribution in [2.24, 2.45) is 5.41 Å². The first-order chi connectivity index (χ1) is 5.97. The van der Waals surface area contributed by atoms with Gasteiger partial charge in [0.1, 0.15) is 5.60 Å². The maximum Gasteiger partial charge on any atom is 0.121 e. The molecule has 13 heavy (non-hydrogen) atoms. The second-order valence-electron chi connectivity index (χ2n) is 5.10. The van der Waals surface area contributed by atoms with E-state index in [0.717, 1.165) is 0 Å². The molecular formula is C11H17IO. The van der Waals surface area contributed by atoms with Gasteiger partial charge in [-0.3, -0.25) is 0 Å². The maximum absolute atomic E-state index is 6.02. The molecule has 1 heterocycles. The van der Waals surface area contributed by atoms with Gasteiger partial charge in [-0.1, -0.05) is 36.4 Å². The van der Waals surface area contributed by atoms with E-state index in [1.54, 1.807) is 0 Å². The standard InChI is InChI=1S/C11H17IO/c1-9(2)5-4-6-10(3)11(9,13-10)7-8-12/h7-8H,4-6H2,1-3H3/b8-7+. The summed E-state index contributed by atoms with van der Waals surface area (Å²) >= 11 is 2.29. The topological polar surface area (TPSA) is 12.5 Å². The van der Waals surface area contributed by atoms with Crippen LogP contribution in [0.2, 0.25) is 0 Å². The summed E-state index contributed by atoms with van der Waals surface area (Å²) in [4.78, 5) is 0. The van der Waals surface area contributed by atoms with Crippen LogP contribution in [0.25, 0.3) is 0 Å². The summed E-state index contributed by atoms with van der Waals surface area (Å²) in [7, 11) is 0. The number of epoxide rings is 1. The summed E-state index contributed by atoms with van der Waals surface area (Å²) in [5.74, 6) is 0. The summed E-state index contributed by atoms with van der Waals surface area (Å²) in [5, 5.41) is 0. The molecule has 2 fully saturated rings. The lowest BCUT2D eigenvalue weighted by molar-refractivity contribution is 0.166. The smallest absolute Gasteiger partial charge is 0.121 e. The van der Waals surface area contributed by atoms with E-state index in [0.29, 0.717) is 5.41 Å². The Bertz CT molecular complexity index is 259. The van der Waals surface area contributed by atoms with E-state index in [2.05, 4.69) is 53.5 Å². The monoisotopic (exact) mass is 292 g/mol. The highest BCUT2D eigenvalue weighted by molar-refractivity contribution is 14.1. The van der Waals surface area contributed by atoms with Crippen molar-refractivity contribution in [2.75, 3.05) is 0 Å². The summed E-state index contributed by atoms with van der Waals surface area (Å²) in [6.45, 7) is 6.91. The van der Waals surface area contributed by atoms with Gasteiger partial charge in [0.15, 0.2) is 0 Å². The Labute approximate surface area is 94.1 Å². The summed E-state index contributed by atoms with van der Waals surface area (Å²) < 4.78 is 8.12. The summed E-state index contributed by atoms with van der Waals surface area (Å²) in [6, 6.07) is 0. The SMILES string of the molecule is CC1(C)CCCC2(C)OC12/C=C/I. The third-order valence-electron chi connectivity index (χ3n) is 3.89. The maximum atomic E-state index is 6.02. The van der Waals surface area contributed by atoms with Crippen LogP contribution in [0.3, 0.4) is 0 Å². The van der Waals surface area contributed by atoms with Crippen molar-refractivity contribution in [3.8, 4) is 0 Å². The van der Waals surface area contributed by atoms with Gasteiger partial charge in [-0.05, 0) is 36.3 Å². The minimum absolute atomic E-state index is 0.0411. The number of ether oxygens (including phenoxy) is 1. The van der Waals surface area contributed by atoms with Crippen LogP contribution >= 0.6 is 22.6 Å². The van der Waals surface area contributed by atoms with Crippen LogP contribution in [-0.4, -0.2) is 11.2 Å². The van der Waals surface area contributed by atoms with Gasteiger partial charge in [0.25, 0.3) is 0 Å². The lowest BCUT2D eigenvalue weighted by Crippen LogP contribution is -2.40. The van der Waals surface area contributed by atoms with Gasteiger partial charge in [-0.15, -0.1) is 0 Å². The van der Waals surface area contributed by atoms with Crippen molar-refractivity contribution in [1.82, 2.24) is 0 Å². The van der Waals surface area contributed by atoms with Crippen LogP contribution in [0.4, 0.5) is 0 Å². The first-order valence-corrected chi connectivity index (χ1v) is 6.20. The average molecular weight is 292 g/mol. The molecule has 1 aliphatic heterocycles. The number of hydrogen-bond acceptors (Lipinski definition) is 1. The van der Waals surface area contributed by atoms with E-state index >= 15 is 0 Å². The predicted octanol–water partition coefficient (Wildman–Crippen LogP) is 3.67. The Morgan fingerprint density at radius 1 is 1.23 bits per heavy atom. The molecular weight excluding hydrogens is 275 g/mol. The van der Waals surface area contributed by atoms with Crippen molar-refractivity contribution in [3.63, 3.8) is 0 Å². The molecule has 1 nitrogen and oxygen atoms in total. The third kappa shape index (κ3) is 1.14. The average Bonchev–Trinajstić information content (AvgIpc) is 2.58. The molecule has 2 atom stereocenters. The van der Waals surface area contributed by atoms with Gasteiger partial charge < -0.3 is 4.74 Å². The lowest BCUT2D eigenvalue weighted by atomic mass is 9.64.